The minimum Gasteiger partial charge on any atom is -0.381 e. The van der Waals surface area contributed by atoms with E-state index in [1.165, 1.54) is 11.3 Å². The van der Waals surface area contributed by atoms with Crippen molar-refractivity contribution in [2.75, 3.05) is 32.2 Å². The number of halogens is 1. The average molecular weight is 269 g/mol. The predicted molar refractivity (Wildman–Crippen MR) is 76.5 cm³/mol. The maximum atomic E-state index is 6.13. The van der Waals surface area contributed by atoms with Gasteiger partial charge in [-0.25, -0.2) is 0 Å². The Kier molecular flexibility index (Phi) is 4.87. The van der Waals surface area contributed by atoms with Gasteiger partial charge in [-0.3, -0.25) is 0 Å². The largest absolute Gasteiger partial charge is 0.381 e. The quantitative estimate of drug-likeness (QED) is 0.909. The van der Waals surface area contributed by atoms with Gasteiger partial charge in [0.05, 0.1) is 0 Å². The number of nitrogens with one attached hydrogen (secondary N) is 1. The summed E-state index contributed by atoms with van der Waals surface area (Å²) in [4.78, 5) is 2.35. The Morgan fingerprint density at radius 3 is 2.78 bits per heavy atom. The van der Waals surface area contributed by atoms with Crippen LogP contribution in [0.1, 0.15) is 18.4 Å². The number of hydrogen-bond acceptors (Lipinski definition) is 3. The van der Waals surface area contributed by atoms with E-state index in [1.807, 2.05) is 13.1 Å². The Labute approximate surface area is 114 Å². The van der Waals surface area contributed by atoms with Crippen LogP contribution in [0.3, 0.4) is 0 Å². The van der Waals surface area contributed by atoms with Crippen LogP contribution in [-0.2, 0) is 11.3 Å². The predicted octanol–water partition coefficient (Wildman–Crippen LogP) is 2.67. The summed E-state index contributed by atoms with van der Waals surface area (Å²) in [7, 11) is 4.12. The lowest BCUT2D eigenvalue weighted by atomic mass is 10.0. The molecule has 1 N–H and O–H groups in total. The van der Waals surface area contributed by atoms with Crippen LogP contribution in [0.2, 0.25) is 5.02 Å². The minimum atomic E-state index is 0.549. The molecule has 0 aromatic heterocycles. The van der Waals surface area contributed by atoms with Crippen molar-refractivity contribution in [1.29, 1.82) is 0 Å². The molecule has 2 rings (SSSR count). The van der Waals surface area contributed by atoms with Gasteiger partial charge in [-0.1, -0.05) is 17.7 Å². The summed E-state index contributed by atoms with van der Waals surface area (Å²) in [6, 6.07) is 6.66. The molecular weight excluding hydrogens is 248 g/mol. The SMILES string of the molecule is CNCc1ccc(Cl)cc1N(C)C1CCOCC1. The Bertz CT molecular complexity index is 391. The summed E-state index contributed by atoms with van der Waals surface area (Å²) in [5, 5.41) is 4.00. The summed E-state index contributed by atoms with van der Waals surface area (Å²) >= 11 is 6.13. The van der Waals surface area contributed by atoms with Gasteiger partial charge in [0.1, 0.15) is 0 Å². The van der Waals surface area contributed by atoms with Gasteiger partial charge in [-0.05, 0) is 37.6 Å². The van der Waals surface area contributed by atoms with Gasteiger partial charge in [0.25, 0.3) is 0 Å². The summed E-state index contributed by atoms with van der Waals surface area (Å²) in [6.45, 7) is 2.58. The highest BCUT2D eigenvalue weighted by molar-refractivity contribution is 6.30. The Balaban J connectivity index is 2.21. The second-order valence-electron chi connectivity index (χ2n) is 4.76. The van der Waals surface area contributed by atoms with Gasteiger partial charge in [0.2, 0.25) is 0 Å². The first-order valence-electron chi connectivity index (χ1n) is 6.46. The molecule has 0 amide bonds. The fraction of sp³-hybridized carbons (Fsp3) is 0.571. The summed E-state index contributed by atoms with van der Waals surface area (Å²) in [5.41, 5.74) is 2.51. The molecule has 0 bridgehead atoms. The molecule has 1 aliphatic heterocycles. The molecule has 0 aliphatic carbocycles. The van der Waals surface area contributed by atoms with Crippen molar-refractivity contribution in [2.45, 2.75) is 25.4 Å². The highest BCUT2D eigenvalue weighted by atomic mass is 35.5. The number of anilines is 1. The molecule has 1 fully saturated rings. The van der Waals surface area contributed by atoms with Crippen molar-refractivity contribution in [1.82, 2.24) is 5.32 Å². The molecule has 1 heterocycles. The molecule has 1 saturated heterocycles. The second kappa shape index (κ2) is 6.41. The van der Waals surface area contributed by atoms with Crippen LogP contribution in [0.15, 0.2) is 18.2 Å². The summed E-state index contributed by atoms with van der Waals surface area (Å²) < 4.78 is 5.42. The van der Waals surface area contributed by atoms with Crippen molar-refractivity contribution in [3.8, 4) is 0 Å². The van der Waals surface area contributed by atoms with Crippen LogP contribution < -0.4 is 10.2 Å². The molecule has 100 valence electrons. The van der Waals surface area contributed by atoms with E-state index in [1.54, 1.807) is 0 Å². The Hall–Kier alpha value is -0.770. The third-order valence-corrected chi connectivity index (χ3v) is 3.77. The molecule has 0 unspecified atom stereocenters. The third kappa shape index (κ3) is 3.16. The van der Waals surface area contributed by atoms with Crippen LogP contribution in [0.4, 0.5) is 5.69 Å². The van der Waals surface area contributed by atoms with E-state index < -0.39 is 0 Å². The molecule has 3 nitrogen and oxygen atoms in total. The van der Waals surface area contributed by atoms with Crippen LogP contribution in [0.5, 0.6) is 0 Å². The van der Waals surface area contributed by atoms with Crippen LogP contribution >= 0.6 is 11.6 Å². The van der Waals surface area contributed by atoms with Crippen molar-refractivity contribution in [3.05, 3.63) is 28.8 Å². The fourth-order valence-electron chi connectivity index (χ4n) is 2.47. The van der Waals surface area contributed by atoms with Gasteiger partial charge < -0.3 is 15.0 Å². The van der Waals surface area contributed by atoms with Crippen molar-refractivity contribution < 1.29 is 4.74 Å². The second-order valence-corrected chi connectivity index (χ2v) is 5.19. The van der Waals surface area contributed by atoms with Crippen LogP contribution in [0.25, 0.3) is 0 Å². The number of hydrogen-bond donors (Lipinski definition) is 1. The first kappa shape index (κ1) is 13.7. The van der Waals surface area contributed by atoms with Gasteiger partial charge in [0.15, 0.2) is 0 Å². The Morgan fingerprint density at radius 2 is 2.11 bits per heavy atom. The molecule has 1 aliphatic rings. The molecule has 0 radical (unpaired) electrons. The van der Waals surface area contributed by atoms with E-state index in [0.29, 0.717) is 6.04 Å². The van der Waals surface area contributed by atoms with E-state index in [-0.39, 0.29) is 0 Å². The van der Waals surface area contributed by atoms with E-state index in [2.05, 4.69) is 29.4 Å². The van der Waals surface area contributed by atoms with Crippen molar-refractivity contribution in [3.63, 3.8) is 0 Å². The molecule has 0 saturated carbocycles. The molecule has 0 spiro atoms. The maximum absolute atomic E-state index is 6.13. The lowest BCUT2D eigenvalue weighted by Gasteiger charge is -2.34. The fourth-order valence-corrected chi connectivity index (χ4v) is 2.64. The van der Waals surface area contributed by atoms with Crippen LogP contribution in [-0.4, -0.2) is 33.4 Å². The first-order valence-corrected chi connectivity index (χ1v) is 6.83. The van der Waals surface area contributed by atoms with Crippen LogP contribution in [0, 0.1) is 0 Å². The third-order valence-electron chi connectivity index (χ3n) is 3.53. The summed E-state index contributed by atoms with van der Waals surface area (Å²) in [5.74, 6) is 0. The smallest absolute Gasteiger partial charge is 0.0485 e. The minimum absolute atomic E-state index is 0.549. The topological polar surface area (TPSA) is 24.5 Å². The highest BCUT2D eigenvalue weighted by Crippen LogP contribution is 2.28. The lowest BCUT2D eigenvalue weighted by molar-refractivity contribution is 0.0854. The highest BCUT2D eigenvalue weighted by Gasteiger charge is 2.20. The van der Waals surface area contributed by atoms with E-state index in [0.717, 1.165) is 37.6 Å². The number of benzene rings is 1. The standard InChI is InChI=1S/C14H21ClN2O/c1-16-10-11-3-4-12(15)9-14(11)17(2)13-5-7-18-8-6-13/h3-4,9,13,16H,5-8,10H2,1-2H3. The van der Waals surface area contributed by atoms with E-state index in [4.69, 9.17) is 16.3 Å². The number of rotatable bonds is 4. The van der Waals surface area contributed by atoms with Gasteiger partial charge >= 0.3 is 0 Å². The monoisotopic (exact) mass is 268 g/mol. The van der Waals surface area contributed by atoms with Crippen molar-refractivity contribution in [2.24, 2.45) is 0 Å². The number of ether oxygens (including phenoxy) is 1. The van der Waals surface area contributed by atoms with Gasteiger partial charge in [0, 0.05) is 43.6 Å². The normalized spacial score (nSPS) is 16.8. The molecule has 1 aromatic carbocycles. The van der Waals surface area contributed by atoms with Gasteiger partial charge in [-0.2, -0.15) is 0 Å². The van der Waals surface area contributed by atoms with E-state index in [9.17, 15) is 0 Å². The van der Waals surface area contributed by atoms with Crippen molar-refractivity contribution >= 4 is 17.3 Å². The summed E-state index contributed by atoms with van der Waals surface area (Å²) in [6.07, 6.45) is 2.17. The molecule has 18 heavy (non-hydrogen) atoms. The lowest BCUT2D eigenvalue weighted by Crippen LogP contribution is -2.37. The average Bonchev–Trinajstić information content (AvgIpc) is 2.41. The molecule has 1 aromatic rings. The molecule has 0 atom stereocenters. The van der Waals surface area contributed by atoms with E-state index >= 15 is 0 Å². The number of nitrogens with zero attached hydrogens (tertiary/aromatic N) is 1. The zero-order valence-corrected chi connectivity index (χ0v) is 11.8. The van der Waals surface area contributed by atoms with Gasteiger partial charge in [-0.15, -0.1) is 0 Å². The first-order chi connectivity index (χ1) is 8.72. The maximum Gasteiger partial charge on any atom is 0.0485 e. The molecular formula is C14H21ClN2O. The zero-order chi connectivity index (χ0) is 13.0. The Morgan fingerprint density at radius 1 is 1.39 bits per heavy atom. The molecule has 4 heteroatoms. The zero-order valence-electron chi connectivity index (χ0n) is 11.1.